The summed E-state index contributed by atoms with van der Waals surface area (Å²) >= 11 is 0. The third kappa shape index (κ3) is 1.30. The Balaban J connectivity index is 2.81. The lowest BCUT2D eigenvalue weighted by molar-refractivity contribution is 0.415. The molecule has 0 aliphatic rings. The van der Waals surface area contributed by atoms with Gasteiger partial charge in [0.15, 0.2) is 0 Å². The van der Waals surface area contributed by atoms with E-state index in [9.17, 15) is 4.39 Å². The molecule has 0 fully saturated rings. The lowest BCUT2D eigenvalue weighted by atomic mass is 10.2. The number of aromatic nitrogens is 2. The highest BCUT2D eigenvalue weighted by Crippen LogP contribution is 2.22. The van der Waals surface area contributed by atoms with Crippen LogP contribution in [-0.4, -0.2) is 17.1 Å². The largest absolute Gasteiger partial charge is 0.494 e. The molecule has 0 saturated carbocycles. The average molecular weight is 178 g/mol. The summed E-state index contributed by atoms with van der Waals surface area (Å²) in [5, 5.41) is 0. The molecule has 3 nitrogen and oxygen atoms in total. The molecule has 0 atom stereocenters. The van der Waals surface area contributed by atoms with Gasteiger partial charge in [0.05, 0.1) is 12.6 Å². The summed E-state index contributed by atoms with van der Waals surface area (Å²) < 4.78 is 17.9. The average Bonchev–Trinajstić information content (AvgIpc) is 2.16. The summed E-state index contributed by atoms with van der Waals surface area (Å²) in [5.74, 6) is 0.0351. The van der Waals surface area contributed by atoms with Crippen molar-refractivity contribution < 1.29 is 9.13 Å². The number of hydrogen-bond acceptors (Lipinski definition) is 3. The van der Waals surface area contributed by atoms with Gasteiger partial charge in [-0.2, -0.15) is 0 Å². The molecule has 0 unspecified atom stereocenters. The van der Waals surface area contributed by atoms with Crippen molar-refractivity contribution >= 4 is 11.0 Å². The van der Waals surface area contributed by atoms with E-state index in [1.165, 1.54) is 25.4 Å². The zero-order valence-electron chi connectivity index (χ0n) is 6.99. The Labute approximate surface area is 74.2 Å². The van der Waals surface area contributed by atoms with Gasteiger partial charge in [0, 0.05) is 24.5 Å². The quantitative estimate of drug-likeness (QED) is 0.667. The summed E-state index contributed by atoms with van der Waals surface area (Å²) in [4.78, 5) is 8.01. The summed E-state index contributed by atoms with van der Waals surface area (Å²) in [5.41, 5.74) is 1.07. The zero-order chi connectivity index (χ0) is 9.26. The summed E-state index contributed by atoms with van der Waals surface area (Å²) in [6.07, 6.45) is 3.06. The fourth-order valence-electron chi connectivity index (χ4n) is 1.17. The molecule has 13 heavy (non-hydrogen) atoms. The molecule has 1 aromatic heterocycles. The minimum Gasteiger partial charge on any atom is -0.494 e. The molecule has 0 aliphatic heterocycles. The van der Waals surface area contributed by atoms with Crippen LogP contribution >= 0.6 is 0 Å². The highest BCUT2D eigenvalue weighted by molar-refractivity contribution is 5.80. The molecule has 0 saturated heterocycles. The van der Waals surface area contributed by atoms with Crippen LogP contribution in [0.5, 0.6) is 5.75 Å². The van der Waals surface area contributed by atoms with Crippen molar-refractivity contribution in [3.63, 3.8) is 0 Å². The van der Waals surface area contributed by atoms with Gasteiger partial charge in [0.1, 0.15) is 17.1 Å². The first kappa shape index (κ1) is 7.91. The summed E-state index contributed by atoms with van der Waals surface area (Å²) in [7, 11) is 1.48. The molecule has 0 spiro atoms. The SMILES string of the molecule is COc1cc(F)cc2nccnc12. The van der Waals surface area contributed by atoms with Gasteiger partial charge in [0.25, 0.3) is 0 Å². The van der Waals surface area contributed by atoms with Gasteiger partial charge in [-0.15, -0.1) is 0 Å². The zero-order valence-corrected chi connectivity index (χ0v) is 6.99. The van der Waals surface area contributed by atoms with E-state index in [4.69, 9.17) is 4.74 Å². The second kappa shape index (κ2) is 2.97. The number of benzene rings is 1. The van der Waals surface area contributed by atoms with Gasteiger partial charge < -0.3 is 4.74 Å². The maximum Gasteiger partial charge on any atom is 0.149 e. The van der Waals surface area contributed by atoms with Crippen molar-refractivity contribution in [1.29, 1.82) is 0 Å². The first-order valence-corrected chi connectivity index (χ1v) is 3.75. The van der Waals surface area contributed by atoms with E-state index in [1.54, 1.807) is 6.20 Å². The van der Waals surface area contributed by atoms with E-state index < -0.39 is 0 Å². The fraction of sp³-hybridized carbons (Fsp3) is 0.111. The molecular formula is C9H7FN2O. The molecule has 2 rings (SSSR count). The predicted octanol–water partition coefficient (Wildman–Crippen LogP) is 1.78. The van der Waals surface area contributed by atoms with Crippen LogP contribution in [0.25, 0.3) is 11.0 Å². The minimum absolute atomic E-state index is 0.371. The van der Waals surface area contributed by atoms with Crippen molar-refractivity contribution in [3.05, 3.63) is 30.3 Å². The number of methoxy groups -OCH3 is 1. The van der Waals surface area contributed by atoms with Crippen molar-refractivity contribution in [3.8, 4) is 5.75 Å². The van der Waals surface area contributed by atoms with Crippen LogP contribution in [0.3, 0.4) is 0 Å². The van der Waals surface area contributed by atoms with Crippen LogP contribution in [0.2, 0.25) is 0 Å². The Hall–Kier alpha value is -1.71. The van der Waals surface area contributed by atoms with Crippen molar-refractivity contribution in [1.82, 2.24) is 9.97 Å². The highest BCUT2D eigenvalue weighted by atomic mass is 19.1. The van der Waals surface area contributed by atoms with Crippen molar-refractivity contribution in [2.45, 2.75) is 0 Å². The number of halogens is 1. The van der Waals surface area contributed by atoms with E-state index in [-0.39, 0.29) is 5.82 Å². The number of hydrogen-bond donors (Lipinski definition) is 0. The van der Waals surface area contributed by atoms with Crippen LogP contribution in [-0.2, 0) is 0 Å². The van der Waals surface area contributed by atoms with Gasteiger partial charge in [-0.1, -0.05) is 0 Å². The Kier molecular flexibility index (Phi) is 1.81. The predicted molar refractivity (Wildman–Crippen MR) is 46.0 cm³/mol. The molecule has 0 N–H and O–H groups in total. The van der Waals surface area contributed by atoms with E-state index in [0.717, 1.165) is 0 Å². The standard InChI is InChI=1S/C9H7FN2O/c1-13-8-5-6(10)4-7-9(8)12-3-2-11-7/h2-5H,1H3. The Morgan fingerprint density at radius 3 is 2.77 bits per heavy atom. The molecular weight excluding hydrogens is 171 g/mol. The van der Waals surface area contributed by atoms with Crippen LogP contribution in [0.1, 0.15) is 0 Å². The second-order valence-corrected chi connectivity index (χ2v) is 2.53. The van der Waals surface area contributed by atoms with Gasteiger partial charge >= 0.3 is 0 Å². The molecule has 0 radical (unpaired) electrons. The van der Waals surface area contributed by atoms with Crippen LogP contribution in [0.15, 0.2) is 24.5 Å². The van der Waals surface area contributed by atoms with Crippen LogP contribution in [0, 0.1) is 5.82 Å². The number of rotatable bonds is 1. The molecule has 2 aromatic rings. The van der Waals surface area contributed by atoms with Gasteiger partial charge in [-0.3, -0.25) is 4.98 Å². The molecule has 1 heterocycles. The lowest BCUT2D eigenvalue weighted by Crippen LogP contribution is -1.90. The topological polar surface area (TPSA) is 35.0 Å². The summed E-state index contributed by atoms with van der Waals surface area (Å²) in [6, 6.07) is 2.61. The van der Waals surface area contributed by atoms with Crippen LogP contribution < -0.4 is 4.74 Å². The Morgan fingerprint density at radius 2 is 2.00 bits per heavy atom. The smallest absolute Gasteiger partial charge is 0.149 e. The van der Waals surface area contributed by atoms with Crippen molar-refractivity contribution in [2.75, 3.05) is 7.11 Å². The Bertz CT molecular complexity index is 445. The third-order valence-corrected chi connectivity index (χ3v) is 1.72. The van der Waals surface area contributed by atoms with E-state index in [1.807, 2.05) is 0 Å². The minimum atomic E-state index is -0.371. The lowest BCUT2D eigenvalue weighted by Gasteiger charge is -2.02. The summed E-state index contributed by atoms with van der Waals surface area (Å²) in [6.45, 7) is 0. The molecule has 1 aromatic carbocycles. The number of nitrogens with zero attached hydrogens (tertiary/aromatic N) is 2. The fourth-order valence-corrected chi connectivity index (χ4v) is 1.17. The van der Waals surface area contributed by atoms with Gasteiger partial charge in [-0.25, -0.2) is 9.37 Å². The first-order chi connectivity index (χ1) is 6.31. The van der Waals surface area contributed by atoms with Gasteiger partial charge in [-0.05, 0) is 0 Å². The number of ether oxygens (including phenoxy) is 1. The molecule has 0 amide bonds. The normalized spacial score (nSPS) is 10.3. The highest BCUT2D eigenvalue weighted by Gasteiger charge is 2.05. The van der Waals surface area contributed by atoms with Gasteiger partial charge in [0.2, 0.25) is 0 Å². The molecule has 0 bridgehead atoms. The maximum atomic E-state index is 12.9. The van der Waals surface area contributed by atoms with Crippen LogP contribution in [0.4, 0.5) is 4.39 Å². The monoisotopic (exact) mass is 178 g/mol. The Morgan fingerprint density at radius 1 is 1.23 bits per heavy atom. The van der Waals surface area contributed by atoms with E-state index in [2.05, 4.69) is 9.97 Å². The maximum absolute atomic E-state index is 12.9. The second-order valence-electron chi connectivity index (χ2n) is 2.53. The first-order valence-electron chi connectivity index (χ1n) is 3.75. The van der Waals surface area contributed by atoms with Crippen molar-refractivity contribution in [2.24, 2.45) is 0 Å². The third-order valence-electron chi connectivity index (χ3n) is 1.72. The van der Waals surface area contributed by atoms with E-state index >= 15 is 0 Å². The molecule has 0 aliphatic carbocycles. The molecule has 66 valence electrons. The number of fused-ring (bicyclic) bond motifs is 1. The molecule has 4 heteroatoms. The van der Waals surface area contributed by atoms with E-state index in [0.29, 0.717) is 16.8 Å².